The molecule has 0 saturated heterocycles. The minimum atomic E-state index is -1.08. The van der Waals surface area contributed by atoms with Gasteiger partial charge in [-0.15, -0.1) is 0 Å². The molecule has 0 radical (unpaired) electrons. The summed E-state index contributed by atoms with van der Waals surface area (Å²) >= 11 is 0. The second kappa shape index (κ2) is 18.5. The van der Waals surface area contributed by atoms with Gasteiger partial charge in [0.05, 0.1) is 12.1 Å². The van der Waals surface area contributed by atoms with E-state index < -0.39 is 29.7 Å². The molecule has 3 aromatic carbocycles. The van der Waals surface area contributed by atoms with Crippen molar-refractivity contribution in [3.63, 3.8) is 0 Å². The van der Waals surface area contributed by atoms with Crippen molar-refractivity contribution in [1.29, 1.82) is 0 Å². The molecule has 2 amide bonds. The Morgan fingerprint density at radius 1 is 0.804 bits per heavy atom. The van der Waals surface area contributed by atoms with Gasteiger partial charge in [-0.2, -0.15) is 0 Å². The van der Waals surface area contributed by atoms with Crippen molar-refractivity contribution in [3.8, 4) is 0 Å². The molecule has 0 unspecified atom stereocenters. The highest BCUT2D eigenvalue weighted by Crippen LogP contribution is 2.17. The van der Waals surface area contributed by atoms with E-state index in [4.69, 9.17) is 0 Å². The second-order valence-electron chi connectivity index (χ2n) is 12.2. The maximum atomic E-state index is 14.1. The Morgan fingerprint density at radius 3 is 2.09 bits per heavy atom. The van der Waals surface area contributed by atoms with Gasteiger partial charge in [0.1, 0.15) is 11.6 Å². The number of nitrogens with zero attached hydrogens (tertiary/aromatic N) is 2. The molecule has 0 aliphatic heterocycles. The molecule has 0 heterocycles. The first-order valence-electron chi connectivity index (χ1n) is 16.3. The zero-order valence-electron chi connectivity index (χ0n) is 27.9. The monoisotopic (exact) mass is 636 g/mol. The zero-order chi connectivity index (χ0) is 33.6. The minimum Gasteiger partial charge on any atom is -0.390 e. The summed E-state index contributed by atoms with van der Waals surface area (Å²) in [6.07, 6.45) is 2.10. The fraction of sp³-hybridized carbons (Fsp3) is 0.459. The molecular weight excluding hydrogens is 586 g/mol. The third kappa shape index (κ3) is 11.6. The number of aliphatic hydroxyl groups excluding tert-OH is 1. The summed E-state index contributed by atoms with van der Waals surface area (Å²) in [5, 5.41) is 17.4. The Hall–Kier alpha value is -3.66. The summed E-state index contributed by atoms with van der Waals surface area (Å²) in [4.78, 5) is 31.2. The Balaban J connectivity index is 1.88. The van der Waals surface area contributed by atoms with Crippen LogP contribution in [-0.2, 0) is 25.8 Å². The van der Waals surface area contributed by atoms with Crippen LogP contribution in [0.15, 0.2) is 60.7 Å². The van der Waals surface area contributed by atoms with Crippen molar-refractivity contribution >= 4 is 11.8 Å². The van der Waals surface area contributed by atoms with E-state index in [1.54, 1.807) is 17.0 Å². The second-order valence-corrected chi connectivity index (χ2v) is 12.2. The summed E-state index contributed by atoms with van der Waals surface area (Å²) in [7, 11) is 3.92. The van der Waals surface area contributed by atoms with E-state index in [1.165, 1.54) is 17.7 Å². The maximum Gasteiger partial charge on any atom is 0.253 e. The van der Waals surface area contributed by atoms with Gasteiger partial charge in [-0.05, 0) is 98.8 Å². The molecule has 0 spiro atoms. The van der Waals surface area contributed by atoms with Gasteiger partial charge < -0.3 is 25.5 Å². The van der Waals surface area contributed by atoms with E-state index in [2.05, 4.69) is 29.7 Å². The number of aryl methyl sites for hydroxylation is 1. The van der Waals surface area contributed by atoms with Gasteiger partial charge in [-0.3, -0.25) is 9.59 Å². The molecule has 250 valence electrons. The summed E-state index contributed by atoms with van der Waals surface area (Å²) in [6, 6.07) is 15.7. The lowest BCUT2D eigenvalue weighted by Gasteiger charge is -2.26. The van der Waals surface area contributed by atoms with Crippen LogP contribution in [0.4, 0.5) is 8.78 Å². The number of aliphatic hydroxyl groups is 1. The van der Waals surface area contributed by atoms with Gasteiger partial charge in [0.2, 0.25) is 0 Å². The van der Waals surface area contributed by atoms with Crippen LogP contribution in [0.2, 0.25) is 0 Å². The number of hydrogen-bond donors (Lipinski definition) is 3. The first kappa shape index (κ1) is 36.8. The Labute approximate surface area is 273 Å². The normalized spacial score (nSPS) is 12.6. The van der Waals surface area contributed by atoms with Crippen molar-refractivity contribution in [2.45, 2.75) is 71.6 Å². The van der Waals surface area contributed by atoms with Crippen molar-refractivity contribution < 1.29 is 23.5 Å². The lowest BCUT2D eigenvalue weighted by molar-refractivity contribution is 0.0755. The number of carbonyl (C=O) groups excluding carboxylic acids is 2. The summed E-state index contributed by atoms with van der Waals surface area (Å²) in [5.41, 5.74) is 4.14. The van der Waals surface area contributed by atoms with Gasteiger partial charge in [-0.25, -0.2) is 8.78 Å². The zero-order valence-corrected chi connectivity index (χ0v) is 27.9. The molecule has 3 rings (SSSR count). The summed E-state index contributed by atoms with van der Waals surface area (Å²) in [5.74, 6) is -2.07. The molecule has 7 nitrogen and oxygen atoms in total. The molecular formula is C37H50F2N4O3. The number of halogens is 2. The first-order valence-corrected chi connectivity index (χ1v) is 16.3. The lowest BCUT2D eigenvalue weighted by atomic mass is 9.98. The predicted molar refractivity (Wildman–Crippen MR) is 180 cm³/mol. The molecule has 2 atom stereocenters. The highest BCUT2D eigenvalue weighted by molar-refractivity contribution is 6.00. The number of hydrogen-bond acceptors (Lipinski definition) is 5. The van der Waals surface area contributed by atoms with Crippen LogP contribution in [0.25, 0.3) is 0 Å². The van der Waals surface area contributed by atoms with E-state index in [1.807, 2.05) is 51.0 Å². The van der Waals surface area contributed by atoms with E-state index in [9.17, 15) is 23.5 Å². The summed E-state index contributed by atoms with van der Waals surface area (Å²) < 4.78 is 28.2. The number of carbonyl (C=O) groups is 2. The molecule has 0 aliphatic rings. The molecule has 0 fully saturated rings. The maximum absolute atomic E-state index is 14.1. The van der Waals surface area contributed by atoms with Gasteiger partial charge in [0.15, 0.2) is 0 Å². The number of nitrogens with one attached hydrogen (secondary N) is 2. The molecule has 3 N–H and O–H groups in total. The van der Waals surface area contributed by atoms with Crippen molar-refractivity contribution in [1.82, 2.24) is 20.4 Å². The number of amides is 2. The number of benzene rings is 3. The third-order valence-electron chi connectivity index (χ3n) is 7.87. The molecule has 9 heteroatoms. The van der Waals surface area contributed by atoms with Crippen LogP contribution >= 0.6 is 0 Å². The standard InChI is InChI=1S/C37H50F2N4O3/c1-6-13-43(14-7-2)37(46)31-18-27(12-15-42(4)5)17-30(22-31)36(45)41-34(21-29-19-32(38)23-33(39)20-29)35(44)25-40-24-28-11-9-10-26(8-3)16-28/h9-11,16-20,22-23,34-35,40,44H,6-8,12-15,21,24-25H2,1-5H3,(H,41,45)/t34-,35+/m0/s1. The van der Waals surface area contributed by atoms with E-state index >= 15 is 0 Å². The van der Waals surface area contributed by atoms with Crippen LogP contribution in [-0.4, -0.2) is 79.1 Å². The molecule has 0 saturated carbocycles. The molecule has 46 heavy (non-hydrogen) atoms. The van der Waals surface area contributed by atoms with Crippen LogP contribution in [0.3, 0.4) is 0 Å². The Kier molecular flexibility index (Phi) is 14.8. The van der Waals surface area contributed by atoms with E-state index in [-0.39, 0.29) is 18.9 Å². The SMILES string of the molecule is CCCN(CCC)C(=O)c1cc(CCN(C)C)cc(C(=O)N[C@@H](Cc2cc(F)cc(F)c2)[C@H](O)CNCc2cccc(CC)c2)c1. The van der Waals surface area contributed by atoms with Crippen LogP contribution in [0.1, 0.15) is 76.6 Å². The smallest absolute Gasteiger partial charge is 0.253 e. The summed E-state index contributed by atoms with van der Waals surface area (Å²) in [6.45, 7) is 8.73. The van der Waals surface area contributed by atoms with Crippen LogP contribution in [0.5, 0.6) is 0 Å². The lowest BCUT2D eigenvalue weighted by Crippen LogP contribution is -2.48. The highest BCUT2D eigenvalue weighted by Gasteiger charge is 2.25. The largest absolute Gasteiger partial charge is 0.390 e. The fourth-order valence-electron chi connectivity index (χ4n) is 5.46. The average Bonchev–Trinajstić information content (AvgIpc) is 3.02. The topological polar surface area (TPSA) is 84.9 Å². The Morgan fingerprint density at radius 2 is 1.46 bits per heavy atom. The van der Waals surface area contributed by atoms with Crippen LogP contribution < -0.4 is 10.6 Å². The van der Waals surface area contributed by atoms with Gasteiger partial charge in [0.25, 0.3) is 11.8 Å². The Bertz CT molecular complexity index is 1410. The molecule has 3 aromatic rings. The van der Waals surface area contributed by atoms with Crippen LogP contribution in [0, 0.1) is 11.6 Å². The van der Waals surface area contributed by atoms with E-state index in [0.717, 1.165) is 43.0 Å². The number of likely N-dealkylation sites (N-methyl/N-ethyl adjacent to an activating group) is 1. The van der Waals surface area contributed by atoms with Gasteiger partial charge in [-0.1, -0.05) is 45.0 Å². The minimum absolute atomic E-state index is 0.00146. The van der Waals surface area contributed by atoms with Crippen molar-refractivity contribution in [3.05, 3.63) is 106 Å². The first-order chi connectivity index (χ1) is 22.0. The molecule has 0 aromatic heterocycles. The van der Waals surface area contributed by atoms with Gasteiger partial charge in [0, 0.05) is 49.9 Å². The number of rotatable bonds is 18. The third-order valence-corrected chi connectivity index (χ3v) is 7.87. The average molecular weight is 637 g/mol. The quantitative estimate of drug-likeness (QED) is 0.175. The highest BCUT2D eigenvalue weighted by atomic mass is 19.1. The van der Waals surface area contributed by atoms with Crippen molar-refractivity contribution in [2.24, 2.45) is 0 Å². The van der Waals surface area contributed by atoms with Crippen molar-refractivity contribution in [2.75, 3.05) is 40.3 Å². The molecule has 0 bridgehead atoms. The van der Waals surface area contributed by atoms with Gasteiger partial charge >= 0.3 is 0 Å². The molecule has 0 aliphatic carbocycles. The fourth-order valence-corrected chi connectivity index (χ4v) is 5.46. The predicted octanol–water partition coefficient (Wildman–Crippen LogP) is 5.39. The van der Waals surface area contributed by atoms with E-state index in [0.29, 0.717) is 42.7 Å².